The molecule has 0 spiro atoms. The van der Waals surface area contributed by atoms with Crippen LogP contribution in [0, 0.1) is 0 Å². The van der Waals surface area contributed by atoms with Crippen LogP contribution in [0.3, 0.4) is 0 Å². The molecular weight excluding hydrogens is 262 g/mol. The minimum atomic E-state index is -0.252. The van der Waals surface area contributed by atoms with Gasteiger partial charge in [-0.1, -0.05) is 6.07 Å². The highest BCUT2D eigenvalue weighted by Gasteiger charge is 2.12. The summed E-state index contributed by atoms with van der Waals surface area (Å²) in [6, 6.07) is 6.92. The number of thiophene rings is 1. The van der Waals surface area contributed by atoms with Gasteiger partial charge in [-0.2, -0.15) is 5.10 Å². The fourth-order valence-electron chi connectivity index (χ4n) is 1.68. The number of nitrogen functional groups attached to an aromatic ring is 1. The van der Waals surface area contributed by atoms with Crippen LogP contribution in [0.15, 0.2) is 40.6 Å². The van der Waals surface area contributed by atoms with Crippen molar-refractivity contribution in [3.8, 4) is 21.8 Å². The van der Waals surface area contributed by atoms with E-state index in [2.05, 4.69) is 20.2 Å². The average Bonchev–Trinajstić information content (AvgIpc) is 2.94. The van der Waals surface area contributed by atoms with E-state index in [0.29, 0.717) is 11.4 Å². The number of aromatic amines is 1. The van der Waals surface area contributed by atoms with E-state index in [9.17, 15) is 4.79 Å². The molecule has 0 saturated carbocycles. The first-order valence-corrected chi connectivity index (χ1v) is 6.34. The summed E-state index contributed by atoms with van der Waals surface area (Å²) in [4.78, 5) is 20.3. The lowest BCUT2D eigenvalue weighted by Crippen LogP contribution is -2.06. The Morgan fingerprint density at radius 3 is 2.84 bits per heavy atom. The lowest BCUT2D eigenvalue weighted by molar-refractivity contribution is 0.992. The van der Waals surface area contributed by atoms with E-state index in [1.807, 2.05) is 17.5 Å². The number of hydrogen-bond acceptors (Lipinski definition) is 6. The number of nitrogens with one attached hydrogen (secondary N) is 1. The maximum atomic E-state index is 11.1. The lowest BCUT2D eigenvalue weighted by Gasteiger charge is -2.06. The molecule has 0 aliphatic carbocycles. The number of aromatic nitrogens is 4. The van der Waals surface area contributed by atoms with Crippen molar-refractivity contribution in [1.29, 1.82) is 0 Å². The summed E-state index contributed by atoms with van der Waals surface area (Å²) in [7, 11) is 0. The van der Waals surface area contributed by atoms with E-state index in [4.69, 9.17) is 5.73 Å². The van der Waals surface area contributed by atoms with E-state index < -0.39 is 0 Å². The van der Waals surface area contributed by atoms with Crippen molar-refractivity contribution >= 4 is 17.3 Å². The maximum Gasteiger partial charge on any atom is 0.264 e. The highest BCUT2D eigenvalue weighted by molar-refractivity contribution is 7.13. The molecule has 6 nitrogen and oxygen atoms in total. The monoisotopic (exact) mass is 271 g/mol. The van der Waals surface area contributed by atoms with Crippen LogP contribution in [0.5, 0.6) is 0 Å². The normalized spacial score (nSPS) is 10.5. The molecule has 3 aromatic rings. The van der Waals surface area contributed by atoms with Gasteiger partial charge in [0.15, 0.2) is 0 Å². The second-order valence-corrected chi connectivity index (χ2v) is 4.72. The van der Waals surface area contributed by atoms with Crippen molar-refractivity contribution in [3.05, 3.63) is 46.2 Å². The summed E-state index contributed by atoms with van der Waals surface area (Å²) in [5.41, 5.74) is 7.43. The minimum absolute atomic E-state index is 0.205. The molecule has 7 heteroatoms. The van der Waals surface area contributed by atoms with Crippen molar-refractivity contribution in [2.24, 2.45) is 0 Å². The second-order valence-electron chi connectivity index (χ2n) is 3.77. The summed E-state index contributed by atoms with van der Waals surface area (Å²) in [5, 5.41) is 8.35. The largest absolute Gasteiger partial charge is 0.368 e. The van der Waals surface area contributed by atoms with Gasteiger partial charge in [0.1, 0.15) is 0 Å². The zero-order valence-electron chi connectivity index (χ0n) is 9.70. The van der Waals surface area contributed by atoms with Gasteiger partial charge >= 0.3 is 0 Å². The number of hydrogen-bond donors (Lipinski definition) is 2. The van der Waals surface area contributed by atoms with E-state index in [1.165, 1.54) is 6.07 Å². The Morgan fingerprint density at radius 1 is 1.26 bits per heavy atom. The molecule has 0 amide bonds. The first kappa shape index (κ1) is 11.5. The summed E-state index contributed by atoms with van der Waals surface area (Å²) < 4.78 is 0. The molecule has 0 aliphatic rings. The van der Waals surface area contributed by atoms with Crippen molar-refractivity contribution in [2.75, 3.05) is 5.73 Å². The molecule has 0 atom stereocenters. The Labute approximate surface area is 112 Å². The Morgan fingerprint density at radius 2 is 2.16 bits per heavy atom. The number of anilines is 1. The highest BCUT2D eigenvalue weighted by atomic mass is 32.1. The highest BCUT2D eigenvalue weighted by Crippen LogP contribution is 2.31. The molecule has 0 radical (unpaired) electrons. The molecule has 0 saturated heterocycles. The molecule has 0 fully saturated rings. The van der Waals surface area contributed by atoms with Crippen LogP contribution in [0.1, 0.15) is 0 Å². The van der Waals surface area contributed by atoms with Crippen molar-refractivity contribution in [3.63, 3.8) is 0 Å². The standard InChI is InChI=1S/C12H9N5OS/c13-12-14-6-7(8-3-4-10(18)17-16-8)11(15-12)9-2-1-5-19-9/h1-6H,(H,17,18)(H2,13,14,15). The summed E-state index contributed by atoms with van der Waals surface area (Å²) in [5.74, 6) is 0.205. The topological polar surface area (TPSA) is 97.5 Å². The van der Waals surface area contributed by atoms with Crippen molar-refractivity contribution in [1.82, 2.24) is 20.2 Å². The van der Waals surface area contributed by atoms with E-state index in [-0.39, 0.29) is 11.5 Å². The molecule has 19 heavy (non-hydrogen) atoms. The number of nitrogens with two attached hydrogens (primary N) is 1. The molecule has 3 aromatic heterocycles. The lowest BCUT2D eigenvalue weighted by atomic mass is 10.1. The molecule has 0 bridgehead atoms. The van der Waals surface area contributed by atoms with Crippen LogP contribution < -0.4 is 11.3 Å². The first-order valence-electron chi connectivity index (χ1n) is 5.46. The summed E-state index contributed by atoms with van der Waals surface area (Å²) >= 11 is 1.55. The Balaban J connectivity index is 2.21. The zero-order valence-corrected chi connectivity index (χ0v) is 10.5. The van der Waals surface area contributed by atoms with Gasteiger partial charge in [-0.3, -0.25) is 4.79 Å². The molecule has 0 unspecified atom stereocenters. The van der Waals surface area contributed by atoms with Crippen LogP contribution in [0.2, 0.25) is 0 Å². The molecule has 3 N–H and O–H groups in total. The maximum absolute atomic E-state index is 11.1. The van der Waals surface area contributed by atoms with Gasteiger partial charge in [-0.15, -0.1) is 11.3 Å². The predicted molar refractivity (Wildman–Crippen MR) is 73.6 cm³/mol. The second kappa shape index (κ2) is 4.62. The van der Waals surface area contributed by atoms with E-state index >= 15 is 0 Å². The number of nitrogens with zero attached hydrogens (tertiary/aromatic N) is 3. The van der Waals surface area contributed by atoms with Crippen LogP contribution in [-0.4, -0.2) is 20.2 Å². The minimum Gasteiger partial charge on any atom is -0.368 e. The first-order chi connectivity index (χ1) is 9.24. The van der Waals surface area contributed by atoms with E-state index in [1.54, 1.807) is 23.6 Å². The van der Waals surface area contributed by atoms with E-state index in [0.717, 1.165) is 10.4 Å². The molecule has 0 aromatic carbocycles. The van der Waals surface area contributed by atoms with Gasteiger partial charge in [-0.05, 0) is 17.5 Å². The Hall–Kier alpha value is -2.54. The molecule has 0 aliphatic heterocycles. The van der Waals surface area contributed by atoms with Crippen LogP contribution in [0.25, 0.3) is 21.8 Å². The number of rotatable bonds is 2. The third kappa shape index (κ3) is 2.23. The molecular formula is C12H9N5OS. The fraction of sp³-hybridized carbons (Fsp3) is 0. The van der Waals surface area contributed by atoms with Crippen molar-refractivity contribution in [2.45, 2.75) is 0 Å². The third-order valence-electron chi connectivity index (χ3n) is 2.52. The number of H-pyrrole nitrogens is 1. The smallest absolute Gasteiger partial charge is 0.264 e. The molecule has 3 heterocycles. The molecule has 94 valence electrons. The van der Waals surface area contributed by atoms with Gasteiger partial charge < -0.3 is 5.73 Å². The zero-order chi connectivity index (χ0) is 13.2. The van der Waals surface area contributed by atoms with Crippen LogP contribution in [-0.2, 0) is 0 Å². The quantitative estimate of drug-likeness (QED) is 0.736. The summed E-state index contributed by atoms with van der Waals surface area (Å²) in [6.45, 7) is 0. The predicted octanol–water partition coefficient (Wildman–Crippen LogP) is 1.54. The average molecular weight is 271 g/mol. The van der Waals surface area contributed by atoms with Crippen molar-refractivity contribution < 1.29 is 0 Å². The van der Waals surface area contributed by atoms with Gasteiger partial charge in [-0.25, -0.2) is 15.1 Å². The third-order valence-corrected chi connectivity index (χ3v) is 3.39. The molecule has 3 rings (SSSR count). The van der Waals surface area contributed by atoms with Crippen LogP contribution in [0.4, 0.5) is 5.95 Å². The van der Waals surface area contributed by atoms with Gasteiger partial charge in [0.25, 0.3) is 5.56 Å². The van der Waals surface area contributed by atoms with Gasteiger partial charge in [0, 0.05) is 17.8 Å². The SMILES string of the molecule is Nc1ncc(-c2ccc(=O)[nH]n2)c(-c2cccs2)n1. The Kier molecular flexibility index (Phi) is 2.81. The summed E-state index contributed by atoms with van der Waals surface area (Å²) in [6.07, 6.45) is 1.61. The van der Waals surface area contributed by atoms with Gasteiger partial charge in [0.05, 0.1) is 16.3 Å². The fourth-order valence-corrected chi connectivity index (χ4v) is 2.41. The van der Waals surface area contributed by atoms with Gasteiger partial charge in [0.2, 0.25) is 5.95 Å². The van der Waals surface area contributed by atoms with Crippen LogP contribution >= 0.6 is 11.3 Å². The Bertz CT molecular complexity index is 746.